The molecule has 0 bridgehead atoms. The number of amides is 1. The van der Waals surface area contributed by atoms with Gasteiger partial charge in [0.25, 0.3) is 0 Å². The van der Waals surface area contributed by atoms with Gasteiger partial charge in [0.05, 0.1) is 0 Å². The van der Waals surface area contributed by atoms with Crippen molar-refractivity contribution in [3.63, 3.8) is 0 Å². The van der Waals surface area contributed by atoms with E-state index in [-0.39, 0.29) is 11.9 Å². The van der Waals surface area contributed by atoms with Crippen LogP contribution in [-0.4, -0.2) is 17.0 Å². The number of nitrogens with one attached hydrogen (secondary N) is 1. The van der Waals surface area contributed by atoms with Crippen LogP contribution < -0.4 is 5.32 Å². The van der Waals surface area contributed by atoms with Crippen molar-refractivity contribution < 1.29 is 4.79 Å². The lowest BCUT2D eigenvalue weighted by molar-refractivity contribution is -0.124. The predicted octanol–water partition coefficient (Wildman–Crippen LogP) is 1.95. The molecule has 0 aromatic carbocycles. The minimum atomic E-state index is 0.00231. The van der Waals surface area contributed by atoms with Gasteiger partial charge in [0.2, 0.25) is 5.91 Å². The molecule has 1 aromatic heterocycles. The SMILES string of the molecule is Cc1ccc(C)n1[C@H]1CCCCNC1=O. The molecule has 2 heterocycles. The number of aromatic nitrogens is 1. The molecule has 0 saturated carbocycles. The average molecular weight is 206 g/mol. The Balaban J connectivity index is 2.31. The van der Waals surface area contributed by atoms with Gasteiger partial charge < -0.3 is 9.88 Å². The van der Waals surface area contributed by atoms with E-state index in [2.05, 4.69) is 35.9 Å². The Labute approximate surface area is 90.5 Å². The van der Waals surface area contributed by atoms with E-state index in [0.717, 1.165) is 25.8 Å². The Kier molecular flexibility index (Phi) is 2.80. The van der Waals surface area contributed by atoms with Crippen LogP contribution in [-0.2, 0) is 4.79 Å². The Hall–Kier alpha value is -1.25. The van der Waals surface area contributed by atoms with Crippen LogP contribution in [0.1, 0.15) is 36.7 Å². The molecule has 1 aliphatic heterocycles. The lowest BCUT2D eigenvalue weighted by Gasteiger charge is -2.19. The monoisotopic (exact) mass is 206 g/mol. The summed E-state index contributed by atoms with van der Waals surface area (Å²) in [4.78, 5) is 11.9. The molecule has 3 nitrogen and oxygen atoms in total. The highest BCUT2D eigenvalue weighted by Crippen LogP contribution is 2.22. The van der Waals surface area contributed by atoms with Crippen LogP contribution in [0.25, 0.3) is 0 Å². The van der Waals surface area contributed by atoms with E-state index in [1.165, 1.54) is 11.4 Å². The molecule has 1 atom stereocenters. The number of hydrogen-bond donors (Lipinski definition) is 1. The van der Waals surface area contributed by atoms with E-state index in [4.69, 9.17) is 0 Å². The zero-order valence-electron chi connectivity index (χ0n) is 9.42. The molecular formula is C12H18N2O. The van der Waals surface area contributed by atoms with Crippen LogP contribution in [0.2, 0.25) is 0 Å². The minimum absolute atomic E-state index is 0.00231. The first kappa shape index (κ1) is 10.3. The van der Waals surface area contributed by atoms with E-state index >= 15 is 0 Å². The number of carbonyl (C=O) groups is 1. The first-order valence-electron chi connectivity index (χ1n) is 5.62. The first-order chi connectivity index (χ1) is 7.20. The first-order valence-corrected chi connectivity index (χ1v) is 5.62. The van der Waals surface area contributed by atoms with Crippen LogP contribution in [0, 0.1) is 13.8 Å². The quantitative estimate of drug-likeness (QED) is 0.748. The van der Waals surface area contributed by atoms with Crippen LogP contribution in [0.15, 0.2) is 12.1 Å². The topological polar surface area (TPSA) is 34.0 Å². The number of carbonyl (C=O) groups excluding carboxylic acids is 1. The van der Waals surface area contributed by atoms with Gasteiger partial charge in [0, 0.05) is 17.9 Å². The van der Waals surface area contributed by atoms with Crippen LogP contribution in [0.3, 0.4) is 0 Å². The summed E-state index contributed by atoms with van der Waals surface area (Å²) in [5, 5.41) is 2.98. The van der Waals surface area contributed by atoms with Crippen LogP contribution in [0.5, 0.6) is 0 Å². The van der Waals surface area contributed by atoms with Crippen LogP contribution in [0.4, 0.5) is 0 Å². The number of nitrogens with zero attached hydrogens (tertiary/aromatic N) is 1. The molecular weight excluding hydrogens is 188 g/mol. The molecule has 1 fully saturated rings. The minimum Gasteiger partial charge on any atom is -0.354 e. The normalized spacial score (nSPS) is 22.3. The number of aryl methyl sites for hydroxylation is 2. The highest BCUT2D eigenvalue weighted by Gasteiger charge is 2.23. The lowest BCUT2D eigenvalue weighted by Crippen LogP contribution is -2.31. The maximum atomic E-state index is 11.9. The second kappa shape index (κ2) is 4.09. The van der Waals surface area contributed by atoms with Crippen molar-refractivity contribution in [2.45, 2.75) is 39.2 Å². The van der Waals surface area contributed by atoms with E-state index in [9.17, 15) is 4.79 Å². The molecule has 3 heteroatoms. The fourth-order valence-corrected chi connectivity index (χ4v) is 2.34. The molecule has 1 aliphatic rings. The zero-order valence-corrected chi connectivity index (χ0v) is 9.42. The van der Waals surface area contributed by atoms with Gasteiger partial charge in [-0.05, 0) is 45.2 Å². The molecule has 2 rings (SSSR count). The largest absolute Gasteiger partial charge is 0.354 e. The van der Waals surface area contributed by atoms with Gasteiger partial charge >= 0.3 is 0 Å². The molecule has 0 unspecified atom stereocenters. The third-order valence-corrected chi connectivity index (χ3v) is 3.14. The summed E-state index contributed by atoms with van der Waals surface area (Å²) in [6.45, 7) is 4.95. The third kappa shape index (κ3) is 1.91. The van der Waals surface area contributed by atoms with Crippen molar-refractivity contribution in [3.05, 3.63) is 23.5 Å². The standard InChI is InChI=1S/C12H18N2O/c1-9-6-7-10(2)14(9)11-5-3-4-8-13-12(11)15/h6-7,11H,3-5,8H2,1-2H3,(H,13,15)/t11-/m0/s1. The van der Waals surface area contributed by atoms with Gasteiger partial charge in [-0.1, -0.05) is 0 Å². The summed E-state index contributed by atoms with van der Waals surface area (Å²) >= 11 is 0. The molecule has 1 saturated heterocycles. The molecule has 0 spiro atoms. The van der Waals surface area contributed by atoms with Crippen molar-refractivity contribution >= 4 is 5.91 Å². The van der Waals surface area contributed by atoms with E-state index in [1.54, 1.807) is 0 Å². The molecule has 1 amide bonds. The van der Waals surface area contributed by atoms with Gasteiger partial charge in [-0.15, -0.1) is 0 Å². The molecule has 15 heavy (non-hydrogen) atoms. The molecule has 0 aliphatic carbocycles. The maximum Gasteiger partial charge on any atom is 0.243 e. The van der Waals surface area contributed by atoms with Crippen molar-refractivity contribution in [1.29, 1.82) is 0 Å². The summed E-state index contributed by atoms with van der Waals surface area (Å²) in [5.74, 6) is 0.176. The Morgan fingerprint density at radius 3 is 2.60 bits per heavy atom. The van der Waals surface area contributed by atoms with Gasteiger partial charge in [0.15, 0.2) is 0 Å². The summed E-state index contributed by atoms with van der Waals surface area (Å²) in [5.41, 5.74) is 2.35. The molecule has 0 radical (unpaired) electrons. The summed E-state index contributed by atoms with van der Waals surface area (Å²) in [6, 6.07) is 4.16. The summed E-state index contributed by atoms with van der Waals surface area (Å²) in [7, 11) is 0. The van der Waals surface area contributed by atoms with Gasteiger partial charge in [0.1, 0.15) is 6.04 Å². The maximum absolute atomic E-state index is 11.9. The van der Waals surface area contributed by atoms with Crippen molar-refractivity contribution in [2.75, 3.05) is 6.54 Å². The van der Waals surface area contributed by atoms with Crippen LogP contribution >= 0.6 is 0 Å². The Morgan fingerprint density at radius 1 is 1.27 bits per heavy atom. The Bertz CT molecular complexity index is 348. The fourth-order valence-electron chi connectivity index (χ4n) is 2.34. The van der Waals surface area contributed by atoms with Gasteiger partial charge in [-0.25, -0.2) is 0 Å². The van der Waals surface area contributed by atoms with E-state index in [1.807, 2.05) is 0 Å². The zero-order chi connectivity index (χ0) is 10.8. The van der Waals surface area contributed by atoms with E-state index < -0.39 is 0 Å². The summed E-state index contributed by atoms with van der Waals surface area (Å²) in [6.07, 6.45) is 3.18. The molecule has 1 N–H and O–H groups in total. The second-order valence-corrected chi connectivity index (χ2v) is 4.29. The number of rotatable bonds is 1. The third-order valence-electron chi connectivity index (χ3n) is 3.14. The summed E-state index contributed by atoms with van der Waals surface area (Å²) < 4.78 is 2.15. The predicted molar refractivity (Wildman–Crippen MR) is 59.8 cm³/mol. The highest BCUT2D eigenvalue weighted by atomic mass is 16.2. The van der Waals surface area contributed by atoms with Crippen molar-refractivity contribution in [3.8, 4) is 0 Å². The second-order valence-electron chi connectivity index (χ2n) is 4.29. The fraction of sp³-hybridized carbons (Fsp3) is 0.583. The van der Waals surface area contributed by atoms with Gasteiger partial charge in [-0.3, -0.25) is 4.79 Å². The van der Waals surface area contributed by atoms with Crippen molar-refractivity contribution in [1.82, 2.24) is 9.88 Å². The molecule has 82 valence electrons. The lowest BCUT2D eigenvalue weighted by atomic mass is 10.1. The highest BCUT2D eigenvalue weighted by molar-refractivity contribution is 5.80. The number of hydrogen-bond acceptors (Lipinski definition) is 1. The van der Waals surface area contributed by atoms with Crippen molar-refractivity contribution in [2.24, 2.45) is 0 Å². The smallest absolute Gasteiger partial charge is 0.243 e. The molecule has 1 aromatic rings. The van der Waals surface area contributed by atoms with E-state index in [0.29, 0.717) is 0 Å². The van der Waals surface area contributed by atoms with Gasteiger partial charge in [-0.2, -0.15) is 0 Å². The Morgan fingerprint density at radius 2 is 1.93 bits per heavy atom. The average Bonchev–Trinajstić information content (AvgIpc) is 2.42.